The zero-order valence-corrected chi connectivity index (χ0v) is 10.7. The monoisotopic (exact) mass is 277 g/mol. The summed E-state index contributed by atoms with van der Waals surface area (Å²) in [6, 6.07) is 7.25. The maximum Gasteiger partial charge on any atom is 0.319 e. The first kappa shape index (κ1) is 12.8. The van der Waals surface area contributed by atoms with E-state index in [9.17, 15) is 13.6 Å². The van der Waals surface area contributed by atoms with Gasteiger partial charge >= 0.3 is 6.55 Å². The number of alkyl halides is 2. The minimum atomic E-state index is -2.60. The molecule has 0 radical (unpaired) electrons. The molecule has 20 heavy (non-hydrogen) atoms. The van der Waals surface area contributed by atoms with Gasteiger partial charge in [0.05, 0.1) is 6.54 Å². The highest BCUT2D eigenvalue weighted by atomic mass is 19.3. The van der Waals surface area contributed by atoms with Gasteiger partial charge in [0.2, 0.25) is 0 Å². The summed E-state index contributed by atoms with van der Waals surface area (Å²) in [5.41, 5.74) is 1.43. The number of anilines is 1. The van der Waals surface area contributed by atoms with Gasteiger partial charge in [-0.3, -0.25) is 9.36 Å². The van der Waals surface area contributed by atoms with Crippen molar-refractivity contribution in [1.82, 2.24) is 9.55 Å². The van der Waals surface area contributed by atoms with Crippen molar-refractivity contribution in [1.29, 1.82) is 0 Å². The molecule has 0 saturated carbocycles. The normalized spacial score (nSPS) is 14.8. The number of carbonyl (C=O) groups excluding carboxylic acids is 1. The van der Waals surface area contributed by atoms with Crippen LogP contribution in [0.2, 0.25) is 0 Å². The second-order valence-corrected chi connectivity index (χ2v) is 4.64. The number of halogens is 2. The number of hydrogen-bond acceptors (Lipinski definition) is 3. The highest BCUT2D eigenvalue weighted by Crippen LogP contribution is 2.28. The number of carbonyl (C=O) groups is 1. The van der Waals surface area contributed by atoms with Gasteiger partial charge in [0.25, 0.3) is 0 Å². The maximum absolute atomic E-state index is 12.8. The van der Waals surface area contributed by atoms with Gasteiger partial charge in [0, 0.05) is 36.6 Å². The van der Waals surface area contributed by atoms with Crippen LogP contribution in [0.1, 0.15) is 29.2 Å². The second kappa shape index (κ2) is 5.03. The Labute approximate surface area is 114 Å². The zero-order valence-electron chi connectivity index (χ0n) is 10.7. The van der Waals surface area contributed by atoms with Gasteiger partial charge < -0.3 is 4.90 Å². The Morgan fingerprint density at radius 3 is 2.90 bits per heavy atom. The van der Waals surface area contributed by atoms with E-state index in [-0.39, 0.29) is 12.3 Å². The molecule has 0 fully saturated rings. The topological polar surface area (TPSA) is 38.1 Å². The third kappa shape index (κ3) is 2.17. The van der Waals surface area contributed by atoms with Crippen LogP contribution in [0.25, 0.3) is 0 Å². The van der Waals surface area contributed by atoms with E-state index in [2.05, 4.69) is 4.98 Å². The lowest BCUT2D eigenvalue weighted by Gasteiger charge is -2.30. The average Bonchev–Trinajstić information content (AvgIpc) is 2.91. The number of nitrogens with zero attached hydrogens (tertiary/aromatic N) is 3. The van der Waals surface area contributed by atoms with E-state index in [0.29, 0.717) is 24.4 Å². The SMILES string of the molecule is O=C1CCN(Cc2nccn2C(F)F)c2ccccc21. The molecule has 0 atom stereocenters. The molecule has 1 aromatic carbocycles. The summed E-state index contributed by atoms with van der Waals surface area (Å²) >= 11 is 0. The van der Waals surface area contributed by atoms with Crippen molar-refractivity contribution in [2.45, 2.75) is 19.5 Å². The Balaban J connectivity index is 1.91. The van der Waals surface area contributed by atoms with Gasteiger partial charge in [0.15, 0.2) is 5.78 Å². The molecule has 0 spiro atoms. The van der Waals surface area contributed by atoms with Crippen LogP contribution in [-0.4, -0.2) is 21.9 Å². The van der Waals surface area contributed by atoms with Gasteiger partial charge in [-0.2, -0.15) is 8.78 Å². The third-order valence-corrected chi connectivity index (χ3v) is 3.45. The first-order chi connectivity index (χ1) is 9.66. The van der Waals surface area contributed by atoms with Crippen LogP contribution in [0.5, 0.6) is 0 Å². The van der Waals surface area contributed by atoms with Crippen molar-refractivity contribution in [2.75, 3.05) is 11.4 Å². The van der Waals surface area contributed by atoms with Crippen molar-refractivity contribution in [3.05, 3.63) is 48.0 Å². The fraction of sp³-hybridized carbons (Fsp3) is 0.286. The van der Waals surface area contributed by atoms with Crippen molar-refractivity contribution in [2.24, 2.45) is 0 Å². The second-order valence-electron chi connectivity index (χ2n) is 4.64. The quantitative estimate of drug-likeness (QED) is 0.865. The number of benzene rings is 1. The van der Waals surface area contributed by atoms with E-state index in [1.807, 2.05) is 17.0 Å². The number of fused-ring (bicyclic) bond motifs is 1. The van der Waals surface area contributed by atoms with E-state index in [1.54, 1.807) is 12.1 Å². The molecule has 0 unspecified atom stereocenters. The van der Waals surface area contributed by atoms with Gasteiger partial charge in [-0.05, 0) is 12.1 Å². The first-order valence-corrected chi connectivity index (χ1v) is 6.34. The Bertz CT molecular complexity index is 639. The molecule has 0 saturated heterocycles. The number of Topliss-reactive ketones (excluding diaryl/α,β-unsaturated/α-hetero) is 1. The molecule has 2 heterocycles. The van der Waals surface area contributed by atoms with E-state index in [4.69, 9.17) is 0 Å². The molecule has 0 bridgehead atoms. The number of para-hydroxylation sites is 1. The van der Waals surface area contributed by atoms with E-state index >= 15 is 0 Å². The van der Waals surface area contributed by atoms with Crippen molar-refractivity contribution in [3.8, 4) is 0 Å². The van der Waals surface area contributed by atoms with Crippen LogP contribution in [0.4, 0.5) is 14.5 Å². The number of ketones is 1. The summed E-state index contributed by atoms with van der Waals surface area (Å²) in [4.78, 5) is 17.7. The summed E-state index contributed by atoms with van der Waals surface area (Å²) in [5, 5.41) is 0. The molecule has 6 heteroatoms. The van der Waals surface area contributed by atoms with Gasteiger partial charge in [-0.25, -0.2) is 4.98 Å². The van der Waals surface area contributed by atoms with Crippen LogP contribution in [0.15, 0.2) is 36.7 Å². The van der Waals surface area contributed by atoms with Crippen LogP contribution in [0, 0.1) is 0 Å². The predicted octanol–water partition coefficient (Wildman–Crippen LogP) is 2.87. The van der Waals surface area contributed by atoms with Gasteiger partial charge in [-0.1, -0.05) is 12.1 Å². The fourth-order valence-electron chi connectivity index (χ4n) is 2.46. The van der Waals surface area contributed by atoms with Gasteiger partial charge in [-0.15, -0.1) is 0 Å². The number of imidazole rings is 1. The van der Waals surface area contributed by atoms with Crippen LogP contribution in [0.3, 0.4) is 0 Å². The van der Waals surface area contributed by atoms with E-state index in [0.717, 1.165) is 10.3 Å². The molecule has 104 valence electrons. The maximum atomic E-state index is 12.8. The molecular formula is C14H13F2N3O. The highest BCUT2D eigenvalue weighted by Gasteiger charge is 2.24. The fourth-order valence-corrected chi connectivity index (χ4v) is 2.46. The molecule has 1 aromatic heterocycles. The van der Waals surface area contributed by atoms with E-state index in [1.165, 1.54) is 12.4 Å². The molecule has 0 aliphatic carbocycles. The largest absolute Gasteiger partial charge is 0.363 e. The first-order valence-electron chi connectivity index (χ1n) is 6.34. The van der Waals surface area contributed by atoms with Crippen molar-refractivity contribution >= 4 is 11.5 Å². The zero-order chi connectivity index (χ0) is 14.1. The summed E-state index contributed by atoms with van der Waals surface area (Å²) < 4.78 is 26.5. The molecule has 4 nitrogen and oxygen atoms in total. The summed E-state index contributed by atoms with van der Waals surface area (Å²) in [5.74, 6) is 0.387. The summed E-state index contributed by atoms with van der Waals surface area (Å²) in [6.07, 6.45) is 3.02. The highest BCUT2D eigenvalue weighted by molar-refractivity contribution is 6.03. The molecule has 2 aromatic rings. The standard InChI is InChI=1S/C14H13F2N3O/c15-14(16)19-8-6-17-13(19)9-18-7-5-12(20)10-3-1-2-4-11(10)18/h1-4,6,8,14H,5,7,9H2. The minimum Gasteiger partial charge on any atom is -0.363 e. The van der Waals surface area contributed by atoms with Crippen molar-refractivity contribution < 1.29 is 13.6 Å². The average molecular weight is 277 g/mol. The Hall–Kier alpha value is -2.24. The molecule has 3 rings (SSSR count). The van der Waals surface area contributed by atoms with Gasteiger partial charge in [0.1, 0.15) is 5.82 Å². The lowest BCUT2D eigenvalue weighted by molar-refractivity contribution is 0.0669. The van der Waals surface area contributed by atoms with Crippen LogP contribution < -0.4 is 4.90 Å². The predicted molar refractivity (Wildman–Crippen MR) is 69.9 cm³/mol. The Morgan fingerprint density at radius 1 is 1.30 bits per heavy atom. The molecule has 0 N–H and O–H groups in total. The van der Waals surface area contributed by atoms with E-state index < -0.39 is 6.55 Å². The number of hydrogen-bond donors (Lipinski definition) is 0. The van der Waals surface area contributed by atoms with Crippen LogP contribution in [-0.2, 0) is 6.54 Å². The lowest BCUT2D eigenvalue weighted by Crippen LogP contribution is -2.32. The van der Waals surface area contributed by atoms with Crippen LogP contribution >= 0.6 is 0 Å². The Morgan fingerprint density at radius 2 is 2.10 bits per heavy atom. The number of rotatable bonds is 3. The summed E-state index contributed by atoms with van der Waals surface area (Å²) in [6.45, 7) is -1.82. The third-order valence-electron chi connectivity index (χ3n) is 3.45. The number of aromatic nitrogens is 2. The Kier molecular flexibility index (Phi) is 3.22. The molecule has 1 aliphatic heterocycles. The molecule has 1 aliphatic rings. The lowest BCUT2D eigenvalue weighted by atomic mass is 10.0. The van der Waals surface area contributed by atoms with Crippen molar-refractivity contribution in [3.63, 3.8) is 0 Å². The minimum absolute atomic E-state index is 0.0917. The smallest absolute Gasteiger partial charge is 0.319 e. The summed E-state index contributed by atoms with van der Waals surface area (Å²) in [7, 11) is 0. The molecule has 0 amide bonds. The molecular weight excluding hydrogens is 264 g/mol.